The SMILES string of the molecule is CC1CNCCN1S(=O)(=O)c1c(Cl)cccc1C(F)(F)F. The molecule has 0 aromatic heterocycles. The Morgan fingerprint density at radius 2 is 2.05 bits per heavy atom. The van der Waals surface area contributed by atoms with E-state index in [0.29, 0.717) is 13.1 Å². The minimum Gasteiger partial charge on any atom is -0.314 e. The van der Waals surface area contributed by atoms with Crippen LogP contribution in [0.4, 0.5) is 13.2 Å². The lowest BCUT2D eigenvalue weighted by Crippen LogP contribution is -2.52. The molecule has 1 N–H and O–H groups in total. The van der Waals surface area contributed by atoms with Crippen LogP contribution in [-0.2, 0) is 16.2 Å². The second kappa shape index (κ2) is 5.75. The molecule has 0 saturated carbocycles. The maximum Gasteiger partial charge on any atom is 0.417 e. The van der Waals surface area contributed by atoms with Crippen molar-refractivity contribution < 1.29 is 21.6 Å². The number of sulfonamides is 1. The first-order valence-electron chi connectivity index (χ1n) is 6.24. The van der Waals surface area contributed by atoms with Crippen molar-refractivity contribution in [3.63, 3.8) is 0 Å². The van der Waals surface area contributed by atoms with E-state index in [1.807, 2.05) is 0 Å². The third-order valence-corrected chi connectivity index (χ3v) is 5.82. The molecule has 0 aliphatic carbocycles. The minimum atomic E-state index is -4.79. The Bertz CT molecular complexity index is 634. The molecule has 0 radical (unpaired) electrons. The second-order valence-corrected chi connectivity index (χ2v) is 7.02. The Morgan fingerprint density at radius 1 is 1.38 bits per heavy atom. The summed E-state index contributed by atoms with van der Waals surface area (Å²) in [5.74, 6) is 0. The van der Waals surface area contributed by atoms with Crippen LogP contribution in [0.5, 0.6) is 0 Å². The molecule has 1 fully saturated rings. The van der Waals surface area contributed by atoms with Gasteiger partial charge < -0.3 is 5.32 Å². The fraction of sp³-hybridized carbons (Fsp3) is 0.500. The molecule has 0 amide bonds. The van der Waals surface area contributed by atoms with Gasteiger partial charge in [-0.15, -0.1) is 0 Å². The van der Waals surface area contributed by atoms with Gasteiger partial charge in [-0.2, -0.15) is 17.5 Å². The lowest BCUT2D eigenvalue weighted by atomic mass is 10.2. The lowest BCUT2D eigenvalue weighted by molar-refractivity contribution is -0.139. The van der Waals surface area contributed by atoms with Gasteiger partial charge in [0.25, 0.3) is 0 Å². The van der Waals surface area contributed by atoms with Crippen LogP contribution in [0.1, 0.15) is 12.5 Å². The van der Waals surface area contributed by atoms with Gasteiger partial charge in [0.1, 0.15) is 4.90 Å². The van der Waals surface area contributed by atoms with Gasteiger partial charge >= 0.3 is 6.18 Å². The summed E-state index contributed by atoms with van der Waals surface area (Å²) in [7, 11) is -4.31. The van der Waals surface area contributed by atoms with Gasteiger partial charge in [-0.25, -0.2) is 8.42 Å². The van der Waals surface area contributed by atoms with E-state index in [1.54, 1.807) is 6.92 Å². The molecular weight excluding hydrogens is 329 g/mol. The number of nitrogens with one attached hydrogen (secondary N) is 1. The van der Waals surface area contributed by atoms with Gasteiger partial charge in [0.15, 0.2) is 0 Å². The molecule has 2 rings (SSSR count). The molecule has 1 atom stereocenters. The molecule has 4 nitrogen and oxygen atoms in total. The summed E-state index contributed by atoms with van der Waals surface area (Å²) in [6, 6.07) is 2.52. The third kappa shape index (κ3) is 3.18. The molecular formula is C12H14ClF3N2O2S. The summed E-state index contributed by atoms with van der Waals surface area (Å²) in [6.45, 7) is 2.50. The van der Waals surface area contributed by atoms with Crippen molar-refractivity contribution in [3.8, 4) is 0 Å². The van der Waals surface area contributed by atoms with Gasteiger partial charge in [0.2, 0.25) is 10.0 Å². The maximum absolute atomic E-state index is 13.1. The number of hydrogen-bond acceptors (Lipinski definition) is 3. The van der Waals surface area contributed by atoms with E-state index in [4.69, 9.17) is 11.6 Å². The largest absolute Gasteiger partial charge is 0.417 e. The van der Waals surface area contributed by atoms with Crippen molar-refractivity contribution in [2.45, 2.75) is 24.0 Å². The van der Waals surface area contributed by atoms with Crippen LogP contribution in [0.25, 0.3) is 0 Å². The minimum absolute atomic E-state index is 0.103. The summed E-state index contributed by atoms with van der Waals surface area (Å²) >= 11 is 5.77. The molecule has 1 aromatic rings. The quantitative estimate of drug-likeness (QED) is 0.897. The standard InChI is InChI=1S/C12H14ClF3N2O2S/c1-8-7-17-5-6-18(8)21(19,20)11-9(12(14,15)16)3-2-4-10(11)13/h2-4,8,17H,5-7H2,1H3. The molecule has 0 bridgehead atoms. The first-order valence-corrected chi connectivity index (χ1v) is 8.06. The average molecular weight is 343 g/mol. The number of piperazine rings is 1. The normalized spacial score (nSPS) is 21.5. The molecule has 1 aromatic carbocycles. The van der Waals surface area contributed by atoms with E-state index in [1.165, 1.54) is 0 Å². The fourth-order valence-corrected chi connectivity index (χ4v) is 4.65. The molecule has 1 aliphatic heterocycles. The Morgan fingerprint density at radius 3 is 2.62 bits per heavy atom. The zero-order valence-electron chi connectivity index (χ0n) is 11.1. The third-order valence-electron chi connectivity index (χ3n) is 3.28. The van der Waals surface area contributed by atoms with Crippen LogP contribution in [0.3, 0.4) is 0 Å². The Kier molecular flexibility index (Phi) is 4.53. The topological polar surface area (TPSA) is 49.4 Å². The van der Waals surface area contributed by atoms with E-state index in [-0.39, 0.29) is 6.54 Å². The summed E-state index contributed by atoms with van der Waals surface area (Å²) < 4.78 is 65.5. The number of alkyl halides is 3. The average Bonchev–Trinajstić information content (AvgIpc) is 2.37. The van der Waals surface area contributed by atoms with Gasteiger partial charge in [0, 0.05) is 25.7 Å². The monoisotopic (exact) mass is 342 g/mol. The number of benzene rings is 1. The van der Waals surface area contributed by atoms with E-state index in [0.717, 1.165) is 22.5 Å². The Hall–Kier alpha value is -0.830. The predicted molar refractivity (Wildman–Crippen MR) is 72.7 cm³/mol. The molecule has 21 heavy (non-hydrogen) atoms. The van der Waals surface area contributed by atoms with Crippen LogP contribution in [0, 0.1) is 0 Å². The van der Waals surface area contributed by atoms with Crippen molar-refractivity contribution in [3.05, 3.63) is 28.8 Å². The van der Waals surface area contributed by atoms with Crippen molar-refractivity contribution >= 4 is 21.6 Å². The summed E-state index contributed by atoms with van der Waals surface area (Å²) in [5.41, 5.74) is -1.24. The molecule has 9 heteroatoms. The van der Waals surface area contributed by atoms with Crippen molar-refractivity contribution in [1.29, 1.82) is 0 Å². The highest BCUT2D eigenvalue weighted by atomic mass is 35.5. The number of nitrogens with zero attached hydrogens (tertiary/aromatic N) is 1. The fourth-order valence-electron chi connectivity index (χ4n) is 2.29. The molecule has 1 unspecified atom stereocenters. The smallest absolute Gasteiger partial charge is 0.314 e. The number of halogens is 4. The van der Waals surface area contributed by atoms with E-state index >= 15 is 0 Å². The zero-order valence-corrected chi connectivity index (χ0v) is 12.7. The first kappa shape index (κ1) is 16.5. The van der Waals surface area contributed by atoms with E-state index in [9.17, 15) is 21.6 Å². The highest BCUT2D eigenvalue weighted by molar-refractivity contribution is 7.89. The van der Waals surface area contributed by atoms with Gasteiger partial charge in [-0.05, 0) is 19.1 Å². The Balaban J connectivity index is 2.60. The highest BCUT2D eigenvalue weighted by Crippen LogP contribution is 2.39. The first-order chi connectivity index (χ1) is 9.65. The summed E-state index contributed by atoms with van der Waals surface area (Å²) in [6.07, 6.45) is -4.79. The number of rotatable bonds is 2. The summed E-state index contributed by atoms with van der Waals surface area (Å²) in [5, 5.41) is 2.57. The van der Waals surface area contributed by atoms with Crippen LogP contribution >= 0.6 is 11.6 Å². The second-order valence-electron chi connectivity index (χ2n) is 4.78. The zero-order chi connectivity index (χ0) is 15.8. The van der Waals surface area contributed by atoms with Crippen molar-refractivity contribution in [2.75, 3.05) is 19.6 Å². The van der Waals surface area contributed by atoms with Gasteiger partial charge in [-0.3, -0.25) is 0 Å². The molecule has 118 valence electrons. The summed E-state index contributed by atoms with van der Waals surface area (Å²) in [4.78, 5) is -0.868. The van der Waals surface area contributed by atoms with E-state index in [2.05, 4.69) is 5.32 Å². The molecule has 1 aliphatic rings. The molecule has 1 saturated heterocycles. The van der Waals surface area contributed by atoms with E-state index < -0.39 is 37.7 Å². The van der Waals surface area contributed by atoms with Crippen molar-refractivity contribution in [2.24, 2.45) is 0 Å². The maximum atomic E-state index is 13.1. The van der Waals surface area contributed by atoms with Crippen LogP contribution < -0.4 is 5.32 Å². The van der Waals surface area contributed by atoms with Crippen LogP contribution in [0.2, 0.25) is 5.02 Å². The highest BCUT2D eigenvalue weighted by Gasteiger charge is 2.41. The van der Waals surface area contributed by atoms with Gasteiger partial charge in [-0.1, -0.05) is 17.7 Å². The van der Waals surface area contributed by atoms with Crippen LogP contribution in [-0.4, -0.2) is 38.4 Å². The Labute approximate surface area is 125 Å². The molecule has 1 heterocycles. The van der Waals surface area contributed by atoms with Gasteiger partial charge in [0.05, 0.1) is 10.6 Å². The number of hydrogen-bond donors (Lipinski definition) is 1. The molecule has 0 spiro atoms. The lowest BCUT2D eigenvalue weighted by Gasteiger charge is -2.33. The predicted octanol–water partition coefficient (Wildman–Crippen LogP) is 2.34. The van der Waals surface area contributed by atoms with Crippen LogP contribution in [0.15, 0.2) is 23.1 Å². The van der Waals surface area contributed by atoms with Crippen molar-refractivity contribution in [1.82, 2.24) is 9.62 Å².